The first kappa shape index (κ1) is 13.6. The largest absolute Gasteiger partial charge is 0.480 e. The smallest absolute Gasteiger partial charge is 0.327 e. The molecule has 1 aliphatic heterocycles. The van der Waals surface area contributed by atoms with Gasteiger partial charge in [-0.3, -0.25) is 9.59 Å². The molecule has 7 nitrogen and oxygen atoms in total. The molecule has 1 N–H and O–H groups in total. The van der Waals surface area contributed by atoms with Crippen LogP contribution in [-0.4, -0.2) is 55.8 Å². The number of nitrogens with zero attached hydrogens (tertiary/aromatic N) is 3. The van der Waals surface area contributed by atoms with Crippen molar-refractivity contribution in [2.75, 3.05) is 18.1 Å². The molecule has 1 unspecified atom stereocenters. The van der Waals surface area contributed by atoms with E-state index in [4.69, 9.17) is 5.11 Å². The highest BCUT2D eigenvalue weighted by Crippen LogP contribution is 2.18. The Bertz CT molecular complexity index is 571. The van der Waals surface area contributed by atoms with Crippen LogP contribution in [0.15, 0.2) is 16.9 Å². The van der Waals surface area contributed by atoms with Gasteiger partial charge in [-0.2, -0.15) is 16.9 Å². The Hall–Kier alpha value is -1.83. The van der Waals surface area contributed by atoms with Crippen LogP contribution in [0.25, 0.3) is 0 Å². The molecule has 0 saturated carbocycles. The molecule has 0 bridgehead atoms. The number of aliphatic carboxylic acids is 1. The third-order valence-corrected chi connectivity index (χ3v) is 3.88. The fourth-order valence-corrected chi connectivity index (χ4v) is 2.85. The van der Waals surface area contributed by atoms with E-state index in [0.29, 0.717) is 18.1 Å². The molecule has 1 atom stereocenters. The van der Waals surface area contributed by atoms with Gasteiger partial charge in [0.05, 0.1) is 0 Å². The molecule has 1 amide bonds. The Kier molecular flexibility index (Phi) is 3.89. The van der Waals surface area contributed by atoms with E-state index in [0.717, 1.165) is 4.68 Å². The number of aromatic nitrogens is 2. The zero-order valence-corrected chi connectivity index (χ0v) is 11.1. The van der Waals surface area contributed by atoms with E-state index in [1.54, 1.807) is 0 Å². The molecule has 2 heterocycles. The predicted molar refractivity (Wildman–Crippen MR) is 69.3 cm³/mol. The van der Waals surface area contributed by atoms with Gasteiger partial charge in [0.15, 0.2) is 0 Å². The van der Waals surface area contributed by atoms with E-state index in [1.165, 1.54) is 35.8 Å². The minimum atomic E-state index is -1.02. The lowest BCUT2D eigenvalue weighted by molar-refractivity contribution is -0.141. The molecule has 0 radical (unpaired) electrons. The highest BCUT2D eigenvalue weighted by atomic mass is 32.2. The van der Waals surface area contributed by atoms with Gasteiger partial charge in [-0.05, 0) is 6.07 Å². The number of carbonyl (C=O) groups excluding carboxylic acids is 1. The summed E-state index contributed by atoms with van der Waals surface area (Å²) in [6, 6.07) is 1.73. The standard InChI is InChI=1S/C11H13N3O4S/c1-13-9(15)3-2-7(12-13)10(16)14-4-5-19-6-8(14)11(17)18/h2-3,8H,4-6H2,1H3,(H,17,18). The minimum absolute atomic E-state index is 0.0836. The van der Waals surface area contributed by atoms with Crippen LogP contribution in [0.4, 0.5) is 0 Å². The molecule has 0 spiro atoms. The molecule has 1 saturated heterocycles. The fraction of sp³-hybridized carbons (Fsp3) is 0.455. The lowest BCUT2D eigenvalue weighted by Crippen LogP contribution is -2.50. The number of rotatable bonds is 2. The normalized spacial score (nSPS) is 19.2. The fourth-order valence-electron chi connectivity index (χ4n) is 1.81. The number of aryl methyl sites for hydroxylation is 1. The van der Waals surface area contributed by atoms with Crippen molar-refractivity contribution in [1.82, 2.24) is 14.7 Å². The number of hydrogen-bond donors (Lipinski definition) is 1. The van der Waals surface area contributed by atoms with Gasteiger partial charge in [-0.25, -0.2) is 9.48 Å². The van der Waals surface area contributed by atoms with Crippen molar-refractivity contribution in [3.8, 4) is 0 Å². The lowest BCUT2D eigenvalue weighted by atomic mass is 10.2. The van der Waals surface area contributed by atoms with Gasteiger partial charge in [0.1, 0.15) is 11.7 Å². The zero-order chi connectivity index (χ0) is 14.0. The van der Waals surface area contributed by atoms with Gasteiger partial charge in [-0.15, -0.1) is 0 Å². The number of carbonyl (C=O) groups is 2. The lowest BCUT2D eigenvalue weighted by Gasteiger charge is -2.32. The van der Waals surface area contributed by atoms with E-state index in [1.807, 2.05) is 0 Å². The van der Waals surface area contributed by atoms with Crippen LogP contribution in [-0.2, 0) is 11.8 Å². The molecular weight excluding hydrogens is 270 g/mol. The molecule has 19 heavy (non-hydrogen) atoms. The van der Waals surface area contributed by atoms with Crippen LogP contribution in [0, 0.1) is 0 Å². The van der Waals surface area contributed by atoms with Crippen molar-refractivity contribution in [3.63, 3.8) is 0 Å². The Labute approximate surface area is 113 Å². The molecule has 102 valence electrons. The number of thioether (sulfide) groups is 1. The maximum atomic E-state index is 12.3. The summed E-state index contributed by atoms with van der Waals surface area (Å²) < 4.78 is 1.06. The van der Waals surface area contributed by atoms with Crippen LogP contribution in [0.3, 0.4) is 0 Å². The second kappa shape index (κ2) is 5.43. The van der Waals surface area contributed by atoms with Crippen molar-refractivity contribution < 1.29 is 14.7 Å². The molecule has 0 aliphatic carbocycles. The average molecular weight is 283 g/mol. The minimum Gasteiger partial charge on any atom is -0.480 e. The van der Waals surface area contributed by atoms with Crippen LogP contribution in [0.1, 0.15) is 10.5 Å². The summed E-state index contributed by atoms with van der Waals surface area (Å²) in [5.41, 5.74) is -0.235. The summed E-state index contributed by atoms with van der Waals surface area (Å²) in [6.07, 6.45) is 0. The third-order valence-electron chi connectivity index (χ3n) is 2.85. The van der Waals surface area contributed by atoms with Gasteiger partial charge in [0, 0.05) is 31.2 Å². The number of carboxylic acid groups (broad SMARTS) is 1. The van der Waals surface area contributed by atoms with Crippen molar-refractivity contribution in [2.24, 2.45) is 7.05 Å². The summed E-state index contributed by atoms with van der Waals surface area (Å²) >= 11 is 1.50. The summed E-state index contributed by atoms with van der Waals surface area (Å²) in [5.74, 6) is -0.414. The van der Waals surface area contributed by atoms with Gasteiger partial charge in [0.25, 0.3) is 11.5 Å². The highest BCUT2D eigenvalue weighted by molar-refractivity contribution is 7.99. The van der Waals surface area contributed by atoms with E-state index in [2.05, 4.69) is 5.10 Å². The van der Waals surface area contributed by atoms with Gasteiger partial charge >= 0.3 is 5.97 Å². The summed E-state index contributed by atoms with van der Waals surface area (Å²) in [6.45, 7) is 0.366. The maximum absolute atomic E-state index is 12.3. The second-order valence-electron chi connectivity index (χ2n) is 4.11. The Morgan fingerprint density at radius 2 is 2.21 bits per heavy atom. The Balaban J connectivity index is 2.28. The van der Waals surface area contributed by atoms with Crippen molar-refractivity contribution in [1.29, 1.82) is 0 Å². The molecule has 1 fully saturated rings. The Morgan fingerprint density at radius 1 is 1.47 bits per heavy atom. The molecule has 1 aromatic rings. The highest BCUT2D eigenvalue weighted by Gasteiger charge is 2.33. The monoisotopic (exact) mass is 283 g/mol. The van der Waals surface area contributed by atoms with Crippen LogP contribution >= 0.6 is 11.8 Å². The molecular formula is C11H13N3O4S. The quantitative estimate of drug-likeness (QED) is 0.781. The van der Waals surface area contributed by atoms with E-state index in [-0.39, 0.29) is 11.3 Å². The van der Waals surface area contributed by atoms with E-state index >= 15 is 0 Å². The summed E-state index contributed by atoms with van der Waals surface area (Å²) in [5, 5.41) is 13.0. The van der Waals surface area contributed by atoms with Crippen LogP contribution in [0.5, 0.6) is 0 Å². The van der Waals surface area contributed by atoms with Crippen LogP contribution < -0.4 is 5.56 Å². The first-order valence-corrected chi connectivity index (χ1v) is 6.82. The Morgan fingerprint density at radius 3 is 2.84 bits per heavy atom. The van der Waals surface area contributed by atoms with Gasteiger partial charge in [0.2, 0.25) is 0 Å². The van der Waals surface area contributed by atoms with Crippen LogP contribution in [0.2, 0.25) is 0 Å². The van der Waals surface area contributed by atoms with Crippen molar-refractivity contribution >= 4 is 23.6 Å². The third kappa shape index (κ3) is 2.78. The number of hydrogen-bond acceptors (Lipinski definition) is 5. The number of carboxylic acids is 1. The van der Waals surface area contributed by atoms with Gasteiger partial charge in [-0.1, -0.05) is 0 Å². The molecule has 1 aliphatic rings. The average Bonchev–Trinajstić information content (AvgIpc) is 2.41. The topological polar surface area (TPSA) is 92.5 Å². The molecule has 2 rings (SSSR count). The predicted octanol–water partition coefficient (Wildman–Crippen LogP) is -0.578. The first-order chi connectivity index (χ1) is 9.00. The maximum Gasteiger partial charge on any atom is 0.327 e. The first-order valence-electron chi connectivity index (χ1n) is 5.66. The molecule has 0 aromatic carbocycles. The number of amides is 1. The molecule has 1 aromatic heterocycles. The molecule has 8 heteroatoms. The summed E-state index contributed by atoms with van der Waals surface area (Å²) in [4.78, 5) is 35.9. The van der Waals surface area contributed by atoms with Gasteiger partial charge < -0.3 is 10.0 Å². The summed E-state index contributed by atoms with van der Waals surface area (Å²) in [7, 11) is 1.44. The zero-order valence-electron chi connectivity index (χ0n) is 10.3. The van der Waals surface area contributed by atoms with Crippen molar-refractivity contribution in [3.05, 3.63) is 28.2 Å². The van der Waals surface area contributed by atoms with E-state index in [9.17, 15) is 14.4 Å². The SMILES string of the molecule is Cn1nc(C(=O)N2CCSCC2C(=O)O)ccc1=O. The second-order valence-corrected chi connectivity index (χ2v) is 5.26. The van der Waals surface area contributed by atoms with Crippen molar-refractivity contribution in [2.45, 2.75) is 6.04 Å². The van der Waals surface area contributed by atoms with E-state index < -0.39 is 17.9 Å².